The number of halogens is 2. The van der Waals surface area contributed by atoms with E-state index in [1.807, 2.05) is 0 Å². The first kappa shape index (κ1) is 20.2. The second kappa shape index (κ2) is 7.97. The van der Waals surface area contributed by atoms with Crippen LogP contribution in [0.25, 0.3) is 5.76 Å². The molecule has 7 heteroatoms. The van der Waals surface area contributed by atoms with Crippen molar-refractivity contribution in [2.75, 3.05) is 4.90 Å². The van der Waals surface area contributed by atoms with E-state index in [-0.39, 0.29) is 17.1 Å². The Hall–Kier alpha value is -3.09. The van der Waals surface area contributed by atoms with Crippen LogP contribution in [0.3, 0.4) is 0 Å². The quantitative estimate of drug-likeness (QED) is 0.295. The Kier molecular flexibility index (Phi) is 5.37. The van der Waals surface area contributed by atoms with E-state index in [4.69, 9.17) is 11.6 Å². The summed E-state index contributed by atoms with van der Waals surface area (Å²) >= 11 is 9.31. The largest absolute Gasteiger partial charge is 0.508 e. The van der Waals surface area contributed by atoms with Gasteiger partial charge >= 0.3 is 0 Å². The van der Waals surface area contributed by atoms with Gasteiger partial charge in [0, 0.05) is 20.7 Å². The molecule has 1 aliphatic rings. The van der Waals surface area contributed by atoms with Crippen LogP contribution in [0.1, 0.15) is 17.2 Å². The number of phenolic OH excluding ortho intramolecular Hbond substituents is 1. The van der Waals surface area contributed by atoms with E-state index in [2.05, 4.69) is 15.9 Å². The standard InChI is InChI=1S/C23H15BrClNO4/c24-15-6-4-13(5-7-15)21(28)19-20(14-2-1-3-18(27)12-14)26(23(30)22(19)29)17-10-8-16(25)9-11-17/h1-12,20,27-28H/b21-19-. The lowest BCUT2D eigenvalue weighted by molar-refractivity contribution is -0.132. The van der Waals surface area contributed by atoms with Gasteiger partial charge in [-0.3, -0.25) is 14.5 Å². The molecule has 1 aliphatic heterocycles. The molecule has 4 rings (SSSR count). The minimum Gasteiger partial charge on any atom is -0.508 e. The molecule has 1 heterocycles. The number of aromatic hydroxyl groups is 1. The monoisotopic (exact) mass is 483 g/mol. The zero-order valence-electron chi connectivity index (χ0n) is 15.4. The molecule has 0 saturated carbocycles. The van der Waals surface area contributed by atoms with Crippen molar-refractivity contribution < 1.29 is 19.8 Å². The summed E-state index contributed by atoms with van der Waals surface area (Å²) in [6.07, 6.45) is 0. The third-order valence-electron chi connectivity index (χ3n) is 4.85. The number of aliphatic hydroxyl groups excluding tert-OH is 1. The van der Waals surface area contributed by atoms with Crippen molar-refractivity contribution in [1.29, 1.82) is 0 Å². The van der Waals surface area contributed by atoms with Crippen LogP contribution in [0.2, 0.25) is 5.02 Å². The highest BCUT2D eigenvalue weighted by Crippen LogP contribution is 2.43. The summed E-state index contributed by atoms with van der Waals surface area (Å²) in [7, 11) is 0. The lowest BCUT2D eigenvalue weighted by atomic mass is 9.95. The van der Waals surface area contributed by atoms with E-state index in [1.165, 1.54) is 17.0 Å². The molecule has 150 valence electrons. The number of anilines is 1. The Morgan fingerprint density at radius 1 is 0.967 bits per heavy atom. The first-order valence-corrected chi connectivity index (χ1v) is 10.2. The van der Waals surface area contributed by atoms with Gasteiger partial charge in [0.05, 0.1) is 11.6 Å². The number of amides is 1. The zero-order chi connectivity index (χ0) is 21.4. The van der Waals surface area contributed by atoms with Gasteiger partial charge in [-0.15, -0.1) is 0 Å². The van der Waals surface area contributed by atoms with Gasteiger partial charge < -0.3 is 10.2 Å². The van der Waals surface area contributed by atoms with Crippen LogP contribution in [0, 0.1) is 0 Å². The molecule has 1 saturated heterocycles. The Morgan fingerprint density at radius 2 is 1.63 bits per heavy atom. The number of carbonyl (C=O) groups excluding carboxylic acids is 2. The molecule has 1 amide bonds. The minimum absolute atomic E-state index is 0.0159. The second-order valence-electron chi connectivity index (χ2n) is 6.75. The van der Waals surface area contributed by atoms with Gasteiger partial charge in [0.2, 0.25) is 0 Å². The number of rotatable bonds is 3. The molecule has 3 aromatic carbocycles. The Labute approximate surface area is 186 Å². The number of hydrogen-bond donors (Lipinski definition) is 2. The van der Waals surface area contributed by atoms with Crippen LogP contribution in [0.15, 0.2) is 82.8 Å². The molecule has 0 aliphatic carbocycles. The van der Waals surface area contributed by atoms with E-state index in [1.54, 1.807) is 60.7 Å². The van der Waals surface area contributed by atoms with E-state index < -0.39 is 17.7 Å². The van der Waals surface area contributed by atoms with Crippen LogP contribution in [0.5, 0.6) is 5.75 Å². The van der Waals surface area contributed by atoms with Crippen LogP contribution in [-0.4, -0.2) is 21.9 Å². The van der Waals surface area contributed by atoms with Crippen molar-refractivity contribution in [2.24, 2.45) is 0 Å². The van der Waals surface area contributed by atoms with Crippen LogP contribution in [-0.2, 0) is 9.59 Å². The maximum atomic E-state index is 13.0. The van der Waals surface area contributed by atoms with Gasteiger partial charge in [0.1, 0.15) is 11.5 Å². The molecule has 5 nitrogen and oxygen atoms in total. The van der Waals surface area contributed by atoms with E-state index in [0.29, 0.717) is 21.8 Å². The average Bonchev–Trinajstić information content (AvgIpc) is 3.00. The number of Topliss-reactive ketones (excluding diaryl/α,β-unsaturated/α-hetero) is 1. The molecule has 1 atom stereocenters. The third kappa shape index (κ3) is 3.60. The van der Waals surface area contributed by atoms with Crippen molar-refractivity contribution in [1.82, 2.24) is 0 Å². The molecule has 1 unspecified atom stereocenters. The fraction of sp³-hybridized carbons (Fsp3) is 0.0435. The summed E-state index contributed by atoms with van der Waals surface area (Å²) < 4.78 is 0.810. The molecular weight excluding hydrogens is 470 g/mol. The summed E-state index contributed by atoms with van der Waals surface area (Å²) in [6, 6.07) is 18.6. The minimum atomic E-state index is -0.915. The lowest BCUT2D eigenvalue weighted by Crippen LogP contribution is -2.29. The van der Waals surface area contributed by atoms with Crippen molar-refractivity contribution in [3.63, 3.8) is 0 Å². The fourth-order valence-electron chi connectivity index (χ4n) is 3.47. The topological polar surface area (TPSA) is 77.8 Å². The highest BCUT2D eigenvalue weighted by molar-refractivity contribution is 9.10. The lowest BCUT2D eigenvalue weighted by Gasteiger charge is -2.25. The van der Waals surface area contributed by atoms with Gasteiger partial charge in [-0.2, -0.15) is 0 Å². The molecule has 0 aromatic heterocycles. The molecule has 0 spiro atoms. The number of hydrogen-bond acceptors (Lipinski definition) is 4. The number of carbonyl (C=O) groups is 2. The Bertz CT molecular complexity index is 1170. The molecule has 0 bridgehead atoms. The maximum Gasteiger partial charge on any atom is 0.300 e. The Balaban J connectivity index is 1.95. The predicted molar refractivity (Wildman–Crippen MR) is 118 cm³/mol. The van der Waals surface area contributed by atoms with Gasteiger partial charge in [0.15, 0.2) is 0 Å². The summed E-state index contributed by atoms with van der Waals surface area (Å²) in [6.45, 7) is 0. The highest BCUT2D eigenvalue weighted by atomic mass is 79.9. The van der Waals surface area contributed by atoms with E-state index in [0.717, 1.165) is 4.47 Å². The molecule has 30 heavy (non-hydrogen) atoms. The van der Waals surface area contributed by atoms with Gasteiger partial charge in [-0.05, 0) is 54.1 Å². The van der Waals surface area contributed by atoms with Crippen LogP contribution in [0.4, 0.5) is 5.69 Å². The number of phenols is 1. The van der Waals surface area contributed by atoms with E-state index in [9.17, 15) is 19.8 Å². The summed E-state index contributed by atoms with van der Waals surface area (Å²) in [5.74, 6) is -1.88. The van der Waals surface area contributed by atoms with Crippen molar-refractivity contribution in [3.8, 4) is 5.75 Å². The highest BCUT2D eigenvalue weighted by Gasteiger charge is 2.47. The van der Waals surface area contributed by atoms with Crippen molar-refractivity contribution >= 4 is 50.7 Å². The number of benzene rings is 3. The molecular formula is C23H15BrClNO4. The summed E-state index contributed by atoms with van der Waals surface area (Å²) in [4.78, 5) is 27.3. The molecule has 1 fully saturated rings. The average molecular weight is 485 g/mol. The number of ketones is 1. The smallest absolute Gasteiger partial charge is 0.300 e. The van der Waals surface area contributed by atoms with Crippen LogP contribution >= 0.6 is 27.5 Å². The van der Waals surface area contributed by atoms with Gasteiger partial charge in [0.25, 0.3) is 11.7 Å². The maximum absolute atomic E-state index is 13.0. The first-order valence-electron chi connectivity index (χ1n) is 8.98. The molecule has 3 aromatic rings. The predicted octanol–water partition coefficient (Wildman–Crippen LogP) is 5.43. The SMILES string of the molecule is O=C1C(=O)N(c2ccc(Cl)cc2)C(c2cccc(O)c2)/C1=C(/O)c1ccc(Br)cc1. The molecule has 0 radical (unpaired) electrons. The van der Waals surface area contributed by atoms with E-state index >= 15 is 0 Å². The normalized spacial score (nSPS) is 18.1. The Morgan fingerprint density at radius 3 is 2.27 bits per heavy atom. The summed E-state index contributed by atoms with van der Waals surface area (Å²) in [5.41, 5.74) is 1.29. The summed E-state index contributed by atoms with van der Waals surface area (Å²) in [5, 5.41) is 21.5. The van der Waals surface area contributed by atoms with Gasteiger partial charge in [-0.25, -0.2) is 0 Å². The fourth-order valence-corrected chi connectivity index (χ4v) is 3.86. The van der Waals surface area contributed by atoms with Crippen molar-refractivity contribution in [3.05, 3.63) is 99.0 Å². The third-order valence-corrected chi connectivity index (χ3v) is 5.63. The molecule has 2 N–H and O–H groups in total. The van der Waals surface area contributed by atoms with Crippen LogP contribution < -0.4 is 4.90 Å². The van der Waals surface area contributed by atoms with Gasteiger partial charge in [-0.1, -0.05) is 51.8 Å². The number of aliphatic hydroxyl groups is 1. The van der Waals surface area contributed by atoms with Crippen molar-refractivity contribution in [2.45, 2.75) is 6.04 Å². The first-order chi connectivity index (χ1) is 14.4. The number of nitrogens with zero attached hydrogens (tertiary/aromatic N) is 1. The zero-order valence-corrected chi connectivity index (χ0v) is 17.8. The second-order valence-corrected chi connectivity index (χ2v) is 8.10.